The molecule has 1 saturated heterocycles. The smallest absolute Gasteiger partial charge is 0.405 e. The second-order valence-electron chi connectivity index (χ2n) is 10.0. The predicted octanol–water partition coefficient (Wildman–Crippen LogP) is 3.69. The van der Waals surface area contributed by atoms with Crippen molar-refractivity contribution in [2.75, 3.05) is 18.4 Å². The fourth-order valence-electron chi connectivity index (χ4n) is 4.61. The first-order chi connectivity index (χ1) is 19.1. The molecule has 4 aromatic rings. The number of aromatic amines is 1. The number of para-hydroxylation sites is 2. The number of thiophene rings is 1. The highest BCUT2D eigenvalue weighted by Gasteiger charge is 2.34. The Morgan fingerprint density at radius 2 is 2.02 bits per heavy atom. The SMILES string of the molecule is CC(C)(C=C(C#N)C(=O)N1CC(Cn2c(NC(=O)c3ccc(-c4cn[nH]c4)s3)nc3ccccc32)C1)NC(=O)O. The molecule has 1 aromatic carbocycles. The first kappa shape index (κ1) is 26.6. The third kappa shape index (κ3) is 5.57. The van der Waals surface area contributed by atoms with E-state index in [0.29, 0.717) is 30.5 Å². The molecule has 0 unspecified atom stereocenters. The molecular formula is C27H26N8O4S. The topological polar surface area (TPSA) is 169 Å². The summed E-state index contributed by atoms with van der Waals surface area (Å²) in [7, 11) is 0. The summed E-state index contributed by atoms with van der Waals surface area (Å²) in [5, 5.41) is 30.5. The number of anilines is 1. The van der Waals surface area contributed by atoms with E-state index < -0.39 is 17.5 Å². The van der Waals surface area contributed by atoms with Crippen LogP contribution in [0, 0.1) is 17.2 Å². The summed E-state index contributed by atoms with van der Waals surface area (Å²) in [6.07, 6.45) is 3.55. The molecule has 0 aliphatic carbocycles. The molecule has 0 spiro atoms. The quantitative estimate of drug-likeness (QED) is 0.189. The summed E-state index contributed by atoms with van der Waals surface area (Å²) in [5.41, 5.74) is 1.28. The highest BCUT2D eigenvalue weighted by Crippen LogP contribution is 2.29. The Morgan fingerprint density at radius 1 is 1.25 bits per heavy atom. The van der Waals surface area contributed by atoms with Crippen molar-refractivity contribution < 1.29 is 19.5 Å². The van der Waals surface area contributed by atoms with Gasteiger partial charge in [0.15, 0.2) is 0 Å². The maximum Gasteiger partial charge on any atom is 0.405 e. The van der Waals surface area contributed by atoms with Gasteiger partial charge in [0, 0.05) is 42.2 Å². The fourth-order valence-corrected chi connectivity index (χ4v) is 5.50. The third-order valence-corrected chi connectivity index (χ3v) is 7.60. The number of nitriles is 1. The minimum absolute atomic E-state index is 0.0664. The van der Waals surface area contributed by atoms with E-state index in [1.54, 1.807) is 37.2 Å². The number of rotatable bonds is 8. The van der Waals surface area contributed by atoms with E-state index >= 15 is 0 Å². The van der Waals surface area contributed by atoms with E-state index in [4.69, 9.17) is 5.11 Å². The molecule has 13 heteroatoms. The number of carbonyl (C=O) groups is 3. The maximum absolute atomic E-state index is 13.1. The number of imidazole rings is 1. The maximum atomic E-state index is 13.1. The molecular weight excluding hydrogens is 532 g/mol. The second-order valence-corrected chi connectivity index (χ2v) is 11.1. The highest BCUT2D eigenvalue weighted by molar-refractivity contribution is 7.17. The molecule has 5 rings (SSSR count). The largest absolute Gasteiger partial charge is 0.465 e. The summed E-state index contributed by atoms with van der Waals surface area (Å²) in [5.74, 6) is -0.248. The van der Waals surface area contributed by atoms with Crippen LogP contribution in [0.1, 0.15) is 23.5 Å². The van der Waals surface area contributed by atoms with Gasteiger partial charge in [-0.2, -0.15) is 10.4 Å². The second kappa shape index (κ2) is 10.7. The number of benzene rings is 1. The van der Waals surface area contributed by atoms with Crippen LogP contribution in [0.2, 0.25) is 0 Å². The fraction of sp³-hybridized carbons (Fsp3) is 0.259. The molecule has 1 aliphatic rings. The Bertz CT molecular complexity index is 1650. The molecule has 0 saturated carbocycles. The van der Waals surface area contributed by atoms with Crippen LogP contribution in [0.5, 0.6) is 0 Å². The van der Waals surface area contributed by atoms with Gasteiger partial charge in [-0.15, -0.1) is 11.3 Å². The van der Waals surface area contributed by atoms with E-state index in [1.807, 2.05) is 41.0 Å². The molecule has 1 fully saturated rings. The summed E-state index contributed by atoms with van der Waals surface area (Å²) >= 11 is 1.35. The van der Waals surface area contributed by atoms with Gasteiger partial charge in [-0.25, -0.2) is 9.78 Å². The van der Waals surface area contributed by atoms with Gasteiger partial charge in [-0.3, -0.25) is 20.0 Å². The highest BCUT2D eigenvalue weighted by atomic mass is 32.1. The summed E-state index contributed by atoms with van der Waals surface area (Å²) in [6, 6.07) is 13.1. The lowest BCUT2D eigenvalue weighted by molar-refractivity contribution is -0.133. The number of nitrogens with one attached hydrogen (secondary N) is 3. The number of likely N-dealkylation sites (tertiary alicyclic amines) is 1. The van der Waals surface area contributed by atoms with Crippen molar-refractivity contribution >= 4 is 46.2 Å². The van der Waals surface area contributed by atoms with E-state index in [0.717, 1.165) is 21.5 Å². The Kier molecular flexibility index (Phi) is 7.10. The number of carbonyl (C=O) groups excluding carboxylic acids is 2. The number of H-pyrrole nitrogens is 1. The van der Waals surface area contributed by atoms with Gasteiger partial charge in [0.05, 0.1) is 27.6 Å². The average Bonchev–Trinajstić information content (AvgIpc) is 3.63. The van der Waals surface area contributed by atoms with Crippen molar-refractivity contribution in [1.82, 2.24) is 30.0 Å². The van der Waals surface area contributed by atoms with Crippen molar-refractivity contribution in [1.29, 1.82) is 5.26 Å². The third-order valence-electron chi connectivity index (χ3n) is 6.46. The zero-order chi connectivity index (χ0) is 28.4. The summed E-state index contributed by atoms with van der Waals surface area (Å²) < 4.78 is 1.94. The molecule has 1 aliphatic heterocycles. The van der Waals surface area contributed by atoms with Gasteiger partial charge in [-0.05, 0) is 44.2 Å². The Labute approximate surface area is 232 Å². The molecule has 3 amide bonds. The van der Waals surface area contributed by atoms with Gasteiger partial charge in [-0.1, -0.05) is 12.1 Å². The molecule has 0 radical (unpaired) electrons. The van der Waals surface area contributed by atoms with Crippen molar-refractivity contribution in [3.8, 4) is 16.5 Å². The van der Waals surface area contributed by atoms with E-state index in [1.165, 1.54) is 17.4 Å². The first-order valence-corrected chi connectivity index (χ1v) is 13.2. The standard InChI is InChI=1S/C27H26N8O4S/c1-27(2,33-26(38)39)9-17(10-28)24(37)34-13-16(14-34)15-35-20-6-4-3-5-19(20)31-25(35)32-23(36)22-8-7-21(40-22)18-11-29-30-12-18/h3-9,11-12,16,33H,13-15H2,1-2H3,(H,29,30)(H,38,39)(H,31,32,36). The Hall–Kier alpha value is -4.96. The van der Waals surface area contributed by atoms with E-state index in [9.17, 15) is 19.6 Å². The zero-order valence-electron chi connectivity index (χ0n) is 21.7. The number of amides is 3. The van der Waals surface area contributed by atoms with Gasteiger partial charge in [0.1, 0.15) is 11.6 Å². The minimum Gasteiger partial charge on any atom is -0.465 e. The van der Waals surface area contributed by atoms with Gasteiger partial charge < -0.3 is 19.9 Å². The van der Waals surface area contributed by atoms with Crippen LogP contribution in [0.25, 0.3) is 21.5 Å². The van der Waals surface area contributed by atoms with E-state index in [-0.39, 0.29) is 17.4 Å². The predicted molar refractivity (Wildman–Crippen MR) is 149 cm³/mol. The number of hydrogen-bond donors (Lipinski definition) is 4. The van der Waals surface area contributed by atoms with Crippen LogP contribution in [-0.4, -0.2) is 66.3 Å². The van der Waals surface area contributed by atoms with E-state index in [2.05, 4.69) is 25.8 Å². The minimum atomic E-state index is -1.25. The Morgan fingerprint density at radius 3 is 2.73 bits per heavy atom. The number of nitrogens with zero attached hydrogens (tertiary/aromatic N) is 5. The van der Waals surface area contributed by atoms with Crippen LogP contribution in [-0.2, 0) is 11.3 Å². The molecule has 4 heterocycles. The zero-order valence-corrected chi connectivity index (χ0v) is 22.5. The van der Waals surface area contributed by atoms with Crippen molar-refractivity contribution in [2.45, 2.75) is 25.9 Å². The van der Waals surface area contributed by atoms with Gasteiger partial charge >= 0.3 is 6.09 Å². The lowest BCUT2D eigenvalue weighted by atomic mass is 9.96. The molecule has 3 aromatic heterocycles. The number of hydrogen-bond acceptors (Lipinski definition) is 7. The number of fused-ring (bicyclic) bond motifs is 1. The first-order valence-electron chi connectivity index (χ1n) is 12.4. The van der Waals surface area contributed by atoms with Gasteiger partial charge in [0.25, 0.3) is 11.8 Å². The Balaban J connectivity index is 1.29. The molecule has 0 bridgehead atoms. The van der Waals surface area contributed by atoms with Crippen LogP contribution >= 0.6 is 11.3 Å². The summed E-state index contributed by atoms with van der Waals surface area (Å²) in [6.45, 7) is 4.45. The lowest BCUT2D eigenvalue weighted by Crippen LogP contribution is -2.52. The molecule has 204 valence electrons. The van der Waals surface area contributed by atoms with Crippen LogP contribution in [0.4, 0.5) is 10.7 Å². The van der Waals surface area contributed by atoms with Crippen molar-refractivity contribution in [3.63, 3.8) is 0 Å². The monoisotopic (exact) mass is 558 g/mol. The van der Waals surface area contributed by atoms with Crippen molar-refractivity contribution in [2.24, 2.45) is 5.92 Å². The normalized spacial score (nSPS) is 14.0. The van der Waals surface area contributed by atoms with Crippen LogP contribution in [0.15, 0.2) is 60.4 Å². The van der Waals surface area contributed by atoms with Crippen molar-refractivity contribution in [3.05, 3.63) is 65.3 Å². The molecule has 40 heavy (non-hydrogen) atoms. The van der Waals surface area contributed by atoms with Gasteiger partial charge in [0.2, 0.25) is 5.95 Å². The molecule has 12 nitrogen and oxygen atoms in total. The number of carboxylic acid groups (broad SMARTS) is 1. The number of aromatic nitrogens is 4. The summed E-state index contributed by atoms with van der Waals surface area (Å²) in [4.78, 5) is 44.7. The molecule has 4 N–H and O–H groups in total. The van der Waals surface area contributed by atoms with Crippen LogP contribution in [0.3, 0.4) is 0 Å². The molecule has 0 atom stereocenters. The lowest BCUT2D eigenvalue weighted by Gasteiger charge is -2.39. The van der Waals surface area contributed by atoms with Crippen LogP contribution < -0.4 is 10.6 Å². The average molecular weight is 559 g/mol.